The Hall–Kier alpha value is -1.86. The van der Waals surface area contributed by atoms with E-state index in [2.05, 4.69) is 5.32 Å². The molecule has 0 aliphatic rings. The van der Waals surface area contributed by atoms with Crippen molar-refractivity contribution in [3.8, 4) is 5.75 Å². The lowest BCUT2D eigenvalue weighted by atomic mass is 9.76. The number of ether oxygens (including phenoxy) is 1. The molecule has 0 radical (unpaired) electrons. The first kappa shape index (κ1) is 17.2. The maximum atomic E-state index is 11.4. The van der Waals surface area contributed by atoms with Gasteiger partial charge in [0.25, 0.3) is 0 Å². The third kappa shape index (κ3) is 5.57. The maximum Gasteiger partial charge on any atom is 0.489 e. The van der Waals surface area contributed by atoms with Crippen LogP contribution in [0, 0.1) is 0 Å². The molecular weight excluding hydrogens is 273 g/mol. The Kier molecular flexibility index (Phi) is 6.91. The molecule has 0 heterocycles. The Morgan fingerprint density at radius 1 is 1.33 bits per heavy atom. The second-order valence-electron chi connectivity index (χ2n) is 4.58. The zero-order valence-corrected chi connectivity index (χ0v) is 12.3. The van der Waals surface area contributed by atoms with E-state index in [1.54, 1.807) is 13.0 Å². The Balaban J connectivity index is 2.55. The summed E-state index contributed by atoms with van der Waals surface area (Å²) in [6.45, 7) is 4.04. The number of Topliss-reactive ketones (excluding diaryl/α,β-unsaturated/α-hetero) is 1. The molecule has 3 N–H and O–H groups in total. The Morgan fingerprint density at radius 3 is 2.62 bits per heavy atom. The second kappa shape index (κ2) is 8.44. The number of nitrogens with one attached hydrogen (secondary N) is 1. The molecule has 6 nitrogen and oxygen atoms in total. The summed E-state index contributed by atoms with van der Waals surface area (Å²) < 4.78 is 5.46. The van der Waals surface area contributed by atoms with Crippen LogP contribution in [0.2, 0.25) is 0 Å². The predicted molar refractivity (Wildman–Crippen MR) is 79.7 cm³/mol. The first-order chi connectivity index (χ1) is 9.95. The minimum absolute atomic E-state index is 0.00787. The summed E-state index contributed by atoms with van der Waals surface area (Å²) in [5.41, 5.74) is 0.381. The standard InChI is InChI=1S/C14H20BNO5/c1-3-14(18)16-7-4-8-21-11-5-6-12(10(2)17)13(9-11)15(19)20/h5-6,9,19-20H,3-4,7-8H2,1-2H3,(H,16,18). The minimum atomic E-state index is -1.73. The zero-order chi connectivity index (χ0) is 15.8. The molecule has 0 saturated heterocycles. The van der Waals surface area contributed by atoms with E-state index in [1.807, 2.05) is 0 Å². The van der Waals surface area contributed by atoms with Crippen molar-refractivity contribution in [1.29, 1.82) is 0 Å². The highest BCUT2D eigenvalue weighted by Crippen LogP contribution is 2.11. The quantitative estimate of drug-likeness (QED) is 0.352. The molecule has 114 valence electrons. The van der Waals surface area contributed by atoms with Crippen molar-refractivity contribution in [2.24, 2.45) is 0 Å². The fourth-order valence-corrected chi connectivity index (χ4v) is 1.78. The third-order valence-electron chi connectivity index (χ3n) is 2.91. The molecular formula is C14H20BNO5. The van der Waals surface area contributed by atoms with Gasteiger partial charge >= 0.3 is 7.12 Å². The smallest absolute Gasteiger partial charge is 0.489 e. The van der Waals surface area contributed by atoms with Crippen LogP contribution in [0.4, 0.5) is 0 Å². The van der Waals surface area contributed by atoms with Gasteiger partial charge in [0.1, 0.15) is 5.75 Å². The van der Waals surface area contributed by atoms with Crippen molar-refractivity contribution >= 4 is 24.3 Å². The molecule has 1 amide bonds. The molecule has 0 aliphatic carbocycles. The summed E-state index contributed by atoms with van der Waals surface area (Å²) in [4.78, 5) is 22.4. The highest BCUT2D eigenvalue weighted by atomic mass is 16.5. The van der Waals surface area contributed by atoms with Crippen molar-refractivity contribution in [1.82, 2.24) is 5.32 Å². The summed E-state index contributed by atoms with van der Waals surface area (Å²) in [6.07, 6.45) is 1.09. The molecule has 0 atom stereocenters. The van der Waals surface area contributed by atoms with Gasteiger partial charge in [-0.25, -0.2) is 0 Å². The molecule has 0 fully saturated rings. The Bertz CT molecular complexity index is 504. The molecule has 7 heteroatoms. The normalized spacial score (nSPS) is 10.1. The summed E-state index contributed by atoms with van der Waals surface area (Å²) in [5.74, 6) is 0.198. The van der Waals surface area contributed by atoms with Crippen molar-refractivity contribution in [2.75, 3.05) is 13.2 Å². The Morgan fingerprint density at radius 2 is 2.05 bits per heavy atom. The van der Waals surface area contributed by atoms with Gasteiger partial charge in [-0.1, -0.05) is 6.92 Å². The lowest BCUT2D eigenvalue weighted by molar-refractivity contribution is -0.120. The van der Waals surface area contributed by atoms with E-state index >= 15 is 0 Å². The number of benzene rings is 1. The van der Waals surface area contributed by atoms with Gasteiger partial charge in [0.05, 0.1) is 6.61 Å². The zero-order valence-electron chi connectivity index (χ0n) is 12.3. The molecule has 21 heavy (non-hydrogen) atoms. The number of hydrogen-bond acceptors (Lipinski definition) is 5. The molecule has 0 unspecified atom stereocenters. The molecule has 0 bridgehead atoms. The average Bonchev–Trinajstić information content (AvgIpc) is 2.46. The van der Waals surface area contributed by atoms with E-state index in [1.165, 1.54) is 19.1 Å². The van der Waals surface area contributed by atoms with E-state index in [0.717, 1.165) is 0 Å². The van der Waals surface area contributed by atoms with Gasteiger partial charge in [0.2, 0.25) is 5.91 Å². The van der Waals surface area contributed by atoms with E-state index < -0.39 is 7.12 Å². The van der Waals surface area contributed by atoms with Crippen LogP contribution in [0.25, 0.3) is 0 Å². The van der Waals surface area contributed by atoms with Gasteiger partial charge in [-0.2, -0.15) is 0 Å². The molecule has 1 aromatic carbocycles. The Labute approximate surface area is 124 Å². The molecule has 0 aromatic heterocycles. The molecule has 0 spiro atoms. The predicted octanol–water partition coefficient (Wildman–Crippen LogP) is -0.136. The maximum absolute atomic E-state index is 11.4. The fourth-order valence-electron chi connectivity index (χ4n) is 1.78. The lowest BCUT2D eigenvalue weighted by Crippen LogP contribution is -2.34. The van der Waals surface area contributed by atoms with Crippen LogP contribution in [0.5, 0.6) is 5.75 Å². The SMILES string of the molecule is CCC(=O)NCCCOc1ccc(C(C)=O)c(B(O)O)c1. The topological polar surface area (TPSA) is 95.9 Å². The van der Waals surface area contributed by atoms with Crippen LogP contribution in [0.15, 0.2) is 18.2 Å². The number of carbonyl (C=O) groups is 2. The van der Waals surface area contributed by atoms with E-state index in [0.29, 0.717) is 31.7 Å². The van der Waals surface area contributed by atoms with Crippen LogP contribution in [0.3, 0.4) is 0 Å². The largest absolute Gasteiger partial charge is 0.494 e. The lowest BCUT2D eigenvalue weighted by Gasteiger charge is -2.11. The molecule has 0 aliphatic heterocycles. The summed E-state index contributed by atoms with van der Waals surface area (Å²) in [5, 5.41) is 21.3. The van der Waals surface area contributed by atoms with Gasteiger partial charge in [0.15, 0.2) is 5.78 Å². The highest BCUT2D eigenvalue weighted by molar-refractivity contribution is 6.60. The van der Waals surface area contributed by atoms with E-state index in [9.17, 15) is 19.6 Å². The monoisotopic (exact) mass is 293 g/mol. The highest BCUT2D eigenvalue weighted by Gasteiger charge is 2.19. The number of ketones is 1. The number of carbonyl (C=O) groups excluding carboxylic acids is 2. The molecule has 1 aromatic rings. The molecule has 0 saturated carbocycles. The van der Waals surface area contributed by atoms with Gasteiger partial charge in [0, 0.05) is 18.5 Å². The van der Waals surface area contributed by atoms with Gasteiger partial charge < -0.3 is 20.1 Å². The number of rotatable bonds is 8. The summed E-state index contributed by atoms with van der Waals surface area (Å²) in [6, 6.07) is 4.55. The van der Waals surface area contributed by atoms with Gasteiger partial charge in [-0.05, 0) is 37.0 Å². The first-order valence-corrected chi connectivity index (χ1v) is 6.86. The third-order valence-corrected chi connectivity index (χ3v) is 2.91. The van der Waals surface area contributed by atoms with E-state index in [4.69, 9.17) is 4.74 Å². The average molecular weight is 293 g/mol. The summed E-state index contributed by atoms with van der Waals surface area (Å²) >= 11 is 0. The fraction of sp³-hybridized carbons (Fsp3) is 0.429. The summed E-state index contributed by atoms with van der Waals surface area (Å²) in [7, 11) is -1.73. The van der Waals surface area contributed by atoms with Crippen LogP contribution < -0.4 is 15.5 Å². The van der Waals surface area contributed by atoms with Crippen LogP contribution in [-0.4, -0.2) is 42.0 Å². The van der Waals surface area contributed by atoms with Crippen LogP contribution >= 0.6 is 0 Å². The minimum Gasteiger partial charge on any atom is -0.494 e. The van der Waals surface area contributed by atoms with Crippen molar-refractivity contribution in [3.63, 3.8) is 0 Å². The first-order valence-electron chi connectivity index (χ1n) is 6.86. The van der Waals surface area contributed by atoms with Crippen molar-refractivity contribution in [3.05, 3.63) is 23.8 Å². The van der Waals surface area contributed by atoms with Gasteiger partial charge in [-0.3, -0.25) is 9.59 Å². The number of hydrogen-bond donors (Lipinski definition) is 3. The van der Waals surface area contributed by atoms with E-state index in [-0.39, 0.29) is 22.7 Å². The van der Waals surface area contributed by atoms with Gasteiger partial charge in [-0.15, -0.1) is 0 Å². The van der Waals surface area contributed by atoms with Crippen molar-refractivity contribution in [2.45, 2.75) is 26.7 Å². The van der Waals surface area contributed by atoms with Crippen LogP contribution in [0.1, 0.15) is 37.0 Å². The second-order valence-corrected chi connectivity index (χ2v) is 4.58. The number of amides is 1. The molecule has 1 rings (SSSR count). The van der Waals surface area contributed by atoms with Crippen LogP contribution in [-0.2, 0) is 4.79 Å². The van der Waals surface area contributed by atoms with Crippen molar-refractivity contribution < 1.29 is 24.4 Å².